The second-order valence-corrected chi connectivity index (χ2v) is 3.03. The summed E-state index contributed by atoms with van der Waals surface area (Å²) < 4.78 is 12.9. The Morgan fingerprint density at radius 2 is 1.73 bits per heavy atom. The number of halogens is 1. The summed E-state index contributed by atoms with van der Waals surface area (Å²) in [6, 6.07) is 0. The zero-order valence-electron chi connectivity index (χ0n) is 8.19. The van der Waals surface area contributed by atoms with Crippen LogP contribution in [0.1, 0.15) is 34.6 Å². The Morgan fingerprint density at radius 1 is 1.27 bits per heavy atom. The summed E-state index contributed by atoms with van der Waals surface area (Å²) in [6.45, 7) is 9.89. The van der Waals surface area contributed by atoms with Crippen molar-refractivity contribution < 1.29 is 4.39 Å². The highest BCUT2D eigenvalue weighted by atomic mass is 19.1. The fraction of sp³-hybridized carbons (Fsp3) is 0.800. The summed E-state index contributed by atoms with van der Waals surface area (Å²) in [5.74, 6) is 0.630. The number of hydrogen-bond acceptors (Lipinski definition) is 0. The lowest BCUT2D eigenvalue weighted by molar-refractivity contribution is 0.270. The molecule has 0 saturated heterocycles. The molecule has 0 nitrogen and oxygen atoms in total. The molecule has 66 valence electrons. The van der Waals surface area contributed by atoms with Crippen molar-refractivity contribution in [2.24, 2.45) is 11.8 Å². The van der Waals surface area contributed by atoms with E-state index in [1.165, 1.54) is 0 Å². The first-order valence-corrected chi connectivity index (χ1v) is 4.45. The van der Waals surface area contributed by atoms with Crippen LogP contribution >= 0.6 is 0 Å². The van der Waals surface area contributed by atoms with Crippen LogP contribution in [0.5, 0.6) is 0 Å². The van der Waals surface area contributed by atoms with Gasteiger partial charge in [-0.05, 0) is 24.3 Å². The molecule has 0 aromatic carbocycles. The summed E-state index contributed by atoms with van der Waals surface area (Å²) >= 11 is 0. The SMILES string of the molecule is CC.CC1=CC(C)C(C)C1F. The van der Waals surface area contributed by atoms with Gasteiger partial charge in [0.15, 0.2) is 0 Å². The third kappa shape index (κ3) is 2.32. The highest BCUT2D eigenvalue weighted by Gasteiger charge is 2.28. The van der Waals surface area contributed by atoms with Crippen LogP contribution in [0.3, 0.4) is 0 Å². The molecular weight excluding hydrogens is 139 g/mol. The Kier molecular flexibility index (Phi) is 4.39. The van der Waals surface area contributed by atoms with Crippen LogP contribution in [0.2, 0.25) is 0 Å². The fourth-order valence-electron chi connectivity index (χ4n) is 1.34. The molecule has 0 aromatic heterocycles. The largest absolute Gasteiger partial charge is 0.242 e. The van der Waals surface area contributed by atoms with Crippen molar-refractivity contribution >= 4 is 0 Å². The molecule has 0 fully saturated rings. The standard InChI is InChI=1S/C8H13F.C2H6/c1-5-4-6(2)8(9)7(5)3;1-2/h4-5,7-8H,1-3H3;1-2H3. The number of rotatable bonds is 0. The van der Waals surface area contributed by atoms with E-state index in [0.717, 1.165) is 5.57 Å². The summed E-state index contributed by atoms with van der Waals surface area (Å²) in [7, 11) is 0. The molecular formula is C10H19F. The van der Waals surface area contributed by atoms with Crippen molar-refractivity contribution in [2.75, 3.05) is 0 Å². The minimum Gasteiger partial charge on any atom is -0.242 e. The normalized spacial score (nSPS) is 35.8. The average molecular weight is 158 g/mol. The van der Waals surface area contributed by atoms with Crippen molar-refractivity contribution in [1.29, 1.82) is 0 Å². The van der Waals surface area contributed by atoms with Gasteiger partial charge in [-0.1, -0.05) is 33.8 Å². The zero-order chi connectivity index (χ0) is 9.02. The second-order valence-electron chi connectivity index (χ2n) is 3.03. The number of hydrogen-bond donors (Lipinski definition) is 0. The lowest BCUT2D eigenvalue weighted by Crippen LogP contribution is -2.11. The molecule has 0 saturated carbocycles. The van der Waals surface area contributed by atoms with E-state index in [9.17, 15) is 4.39 Å². The molecule has 0 amide bonds. The minimum absolute atomic E-state index is 0.199. The molecule has 0 heterocycles. The molecule has 3 unspecified atom stereocenters. The van der Waals surface area contributed by atoms with Crippen molar-refractivity contribution in [3.05, 3.63) is 11.6 Å². The van der Waals surface area contributed by atoms with E-state index in [2.05, 4.69) is 6.92 Å². The van der Waals surface area contributed by atoms with Crippen LogP contribution < -0.4 is 0 Å². The van der Waals surface area contributed by atoms with Gasteiger partial charge in [-0.2, -0.15) is 0 Å². The maximum absolute atomic E-state index is 12.9. The Morgan fingerprint density at radius 3 is 1.82 bits per heavy atom. The van der Waals surface area contributed by atoms with E-state index < -0.39 is 6.17 Å². The van der Waals surface area contributed by atoms with Gasteiger partial charge in [0.2, 0.25) is 0 Å². The van der Waals surface area contributed by atoms with E-state index >= 15 is 0 Å². The van der Waals surface area contributed by atoms with Crippen LogP contribution in [-0.4, -0.2) is 6.17 Å². The number of alkyl halides is 1. The Balaban J connectivity index is 0.000000461. The summed E-state index contributed by atoms with van der Waals surface area (Å²) in [5, 5.41) is 0. The molecule has 0 N–H and O–H groups in total. The van der Waals surface area contributed by atoms with Gasteiger partial charge in [0, 0.05) is 0 Å². The molecule has 1 rings (SSSR count). The van der Waals surface area contributed by atoms with Crippen molar-refractivity contribution in [3.8, 4) is 0 Å². The van der Waals surface area contributed by atoms with Crippen molar-refractivity contribution in [3.63, 3.8) is 0 Å². The molecule has 0 bridgehead atoms. The molecule has 11 heavy (non-hydrogen) atoms. The second kappa shape index (κ2) is 4.53. The summed E-state index contributed by atoms with van der Waals surface area (Å²) in [4.78, 5) is 0. The van der Waals surface area contributed by atoms with E-state index in [4.69, 9.17) is 0 Å². The Labute approximate surface area is 69.5 Å². The Hall–Kier alpha value is -0.330. The van der Waals surface area contributed by atoms with Crippen LogP contribution in [-0.2, 0) is 0 Å². The van der Waals surface area contributed by atoms with E-state index in [-0.39, 0.29) is 5.92 Å². The molecule has 0 aliphatic heterocycles. The van der Waals surface area contributed by atoms with E-state index in [1.54, 1.807) is 0 Å². The average Bonchev–Trinajstić information content (AvgIpc) is 2.22. The summed E-state index contributed by atoms with van der Waals surface area (Å²) in [6.07, 6.45) is 1.34. The smallest absolute Gasteiger partial charge is 0.124 e. The van der Waals surface area contributed by atoms with Gasteiger partial charge in [0.25, 0.3) is 0 Å². The maximum atomic E-state index is 12.9. The highest BCUT2D eigenvalue weighted by Crippen LogP contribution is 2.31. The predicted molar refractivity (Wildman–Crippen MR) is 48.3 cm³/mol. The lowest BCUT2D eigenvalue weighted by atomic mass is 9.98. The predicted octanol–water partition coefficient (Wildman–Crippen LogP) is 3.58. The van der Waals surface area contributed by atoms with Crippen LogP contribution in [0, 0.1) is 11.8 Å². The van der Waals surface area contributed by atoms with Gasteiger partial charge >= 0.3 is 0 Å². The first-order valence-electron chi connectivity index (χ1n) is 4.45. The van der Waals surface area contributed by atoms with Crippen LogP contribution in [0.25, 0.3) is 0 Å². The molecule has 1 heteroatoms. The topological polar surface area (TPSA) is 0 Å². The van der Waals surface area contributed by atoms with Crippen LogP contribution in [0.4, 0.5) is 4.39 Å². The first-order chi connectivity index (χ1) is 5.13. The monoisotopic (exact) mass is 158 g/mol. The number of allylic oxidation sites excluding steroid dienone is 2. The third-order valence-electron chi connectivity index (χ3n) is 2.25. The first kappa shape index (κ1) is 10.7. The maximum Gasteiger partial charge on any atom is 0.124 e. The van der Waals surface area contributed by atoms with Crippen molar-refractivity contribution in [2.45, 2.75) is 40.8 Å². The third-order valence-corrected chi connectivity index (χ3v) is 2.25. The van der Waals surface area contributed by atoms with Gasteiger partial charge in [0.1, 0.15) is 6.17 Å². The van der Waals surface area contributed by atoms with Gasteiger partial charge in [0.05, 0.1) is 0 Å². The van der Waals surface area contributed by atoms with Gasteiger partial charge < -0.3 is 0 Å². The van der Waals surface area contributed by atoms with Gasteiger partial charge in [-0.25, -0.2) is 4.39 Å². The Bertz CT molecular complexity index is 138. The molecule has 0 aromatic rings. The van der Waals surface area contributed by atoms with E-state index in [1.807, 2.05) is 33.8 Å². The van der Waals surface area contributed by atoms with Crippen LogP contribution in [0.15, 0.2) is 11.6 Å². The highest BCUT2D eigenvalue weighted by molar-refractivity contribution is 5.15. The summed E-state index contributed by atoms with van der Waals surface area (Å²) in [5.41, 5.74) is 0.912. The minimum atomic E-state index is -0.681. The van der Waals surface area contributed by atoms with Crippen molar-refractivity contribution in [1.82, 2.24) is 0 Å². The molecule has 0 spiro atoms. The van der Waals surface area contributed by atoms with Gasteiger partial charge in [-0.3, -0.25) is 0 Å². The van der Waals surface area contributed by atoms with Gasteiger partial charge in [-0.15, -0.1) is 0 Å². The quantitative estimate of drug-likeness (QED) is 0.473. The molecule has 0 radical (unpaired) electrons. The lowest BCUT2D eigenvalue weighted by Gasteiger charge is -2.11. The molecule has 1 aliphatic carbocycles. The fourth-order valence-corrected chi connectivity index (χ4v) is 1.34. The zero-order valence-corrected chi connectivity index (χ0v) is 8.19. The van der Waals surface area contributed by atoms with E-state index in [0.29, 0.717) is 5.92 Å². The molecule has 1 aliphatic rings. The molecule has 3 atom stereocenters.